The van der Waals surface area contributed by atoms with Gasteiger partial charge in [0.05, 0.1) is 5.92 Å². The van der Waals surface area contributed by atoms with Gasteiger partial charge in [0.25, 0.3) is 0 Å². The van der Waals surface area contributed by atoms with Crippen LogP contribution in [0.1, 0.15) is 45.1 Å². The van der Waals surface area contributed by atoms with E-state index in [9.17, 15) is 4.79 Å². The Morgan fingerprint density at radius 2 is 1.94 bits per heavy atom. The second kappa shape index (κ2) is 5.38. The molecule has 1 saturated carbocycles. The Hall–Kier alpha value is -0.280. The summed E-state index contributed by atoms with van der Waals surface area (Å²) in [6.07, 6.45) is 1.73. The Balaban J connectivity index is 2.29. The third-order valence-electron chi connectivity index (χ3n) is 3.14. The van der Waals surface area contributed by atoms with Gasteiger partial charge in [0, 0.05) is 20.9 Å². The third kappa shape index (κ3) is 3.18. The van der Waals surface area contributed by atoms with E-state index in [1.54, 1.807) is 0 Å². The van der Waals surface area contributed by atoms with Gasteiger partial charge in [-0.2, -0.15) is 11.8 Å². The molecule has 2 rings (SSSR count). The summed E-state index contributed by atoms with van der Waals surface area (Å²) in [7, 11) is 0. The molecule has 0 N–H and O–H groups in total. The quantitative estimate of drug-likeness (QED) is 0.776. The first-order valence-corrected chi connectivity index (χ1v) is 8.01. The van der Waals surface area contributed by atoms with Crippen molar-refractivity contribution in [2.75, 3.05) is 0 Å². The fourth-order valence-electron chi connectivity index (χ4n) is 2.50. The van der Waals surface area contributed by atoms with E-state index < -0.39 is 0 Å². The van der Waals surface area contributed by atoms with Crippen LogP contribution in [0.4, 0.5) is 0 Å². The topological polar surface area (TPSA) is 17.1 Å². The standard InChI is InChI=1S/C15H19BrOS/c1-15(2,3)18-13-9-8-12(17)14(13)10-6-4-5-7-11(10)16/h4-7,13-14H,8-9H2,1-3H3. The van der Waals surface area contributed by atoms with Crippen LogP contribution in [0.5, 0.6) is 0 Å². The largest absolute Gasteiger partial charge is 0.299 e. The molecule has 0 bridgehead atoms. The zero-order chi connectivity index (χ0) is 13.3. The van der Waals surface area contributed by atoms with Crippen molar-refractivity contribution in [2.24, 2.45) is 0 Å². The molecule has 1 aliphatic rings. The number of hydrogen-bond donors (Lipinski definition) is 0. The van der Waals surface area contributed by atoms with Crippen LogP contribution in [-0.4, -0.2) is 15.8 Å². The van der Waals surface area contributed by atoms with E-state index in [2.05, 4.69) is 42.8 Å². The van der Waals surface area contributed by atoms with Crippen LogP contribution in [0.2, 0.25) is 0 Å². The van der Waals surface area contributed by atoms with E-state index in [1.165, 1.54) is 0 Å². The molecule has 1 aromatic carbocycles. The van der Waals surface area contributed by atoms with Crippen LogP contribution in [-0.2, 0) is 4.79 Å². The molecule has 0 amide bonds. The Morgan fingerprint density at radius 1 is 1.28 bits per heavy atom. The van der Waals surface area contributed by atoms with Gasteiger partial charge in [-0.1, -0.05) is 54.9 Å². The lowest BCUT2D eigenvalue weighted by Gasteiger charge is -2.27. The lowest BCUT2D eigenvalue weighted by molar-refractivity contribution is -0.118. The smallest absolute Gasteiger partial charge is 0.141 e. The molecule has 2 atom stereocenters. The summed E-state index contributed by atoms with van der Waals surface area (Å²) in [6.45, 7) is 6.66. The summed E-state index contributed by atoms with van der Waals surface area (Å²) in [5.74, 6) is 0.452. The Bertz CT molecular complexity index is 450. The Labute approximate surface area is 122 Å². The van der Waals surface area contributed by atoms with Gasteiger partial charge in [-0.25, -0.2) is 0 Å². The molecule has 0 saturated heterocycles. The molecule has 3 heteroatoms. The number of carbonyl (C=O) groups is 1. The molecule has 0 spiro atoms. The van der Waals surface area contributed by atoms with Crippen LogP contribution in [0.3, 0.4) is 0 Å². The first-order chi connectivity index (χ1) is 8.38. The highest BCUT2D eigenvalue weighted by molar-refractivity contribution is 9.10. The number of carbonyl (C=O) groups excluding carboxylic acids is 1. The molecule has 98 valence electrons. The number of thioether (sulfide) groups is 1. The van der Waals surface area contributed by atoms with Crippen LogP contribution in [0, 0.1) is 0 Å². The van der Waals surface area contributed by atoms with Gasteiger partial charge in [-0.15, -0.1) is 0 Å². The van der Waals surface area contributed by atoms with E-state index in [0.29, 0.717) is 11.0 Å². The minimum Gasteiger partial charge on any atom is -0.299 e. The monoisotopic (exact) mass is 326 g/mol. The van der Waals surface area contributed by atoms with Gasteiger partial charge in [-0.05, 0) is 18.1 Å². The zero-order valence-corrected chi connectivity index (χ0v) is 13.5. The lowest BCUT2D eigenvalue weighted by Crippen LogP contribution is -2.21. The Morgan fingerprint density at radius 3 is 2.56 bits per heavy atom. The normalized spacial score (nSPS) is 24.6. The number of Topliss-reactive ketones (excluding diaryl/α,β-unsaturated/α-hetero) is 1. The molecular weight excluding hydrogens is 308 g/mol. The summed E-state index contributed by atoms with van der Waals surface area (Å²) in [5.41, 5.74) is 1.15. The van der Waals surface area contributed by atoms with E-state index in [1.807, 2.05) is 30.0 Å². The molecule has 18 heavy (non-hydrogen) atoms. The summed E-state index contributed by atoms with van der Waals surface area (Å²) in [6, 6.07) is 8.12. The summed E-state index contributed by atoms with van der Waals surface area (Å²) >= 11 is 5.52. The SMILES string of the molecule is CC(C)(C)SC1CCC(=O)C1c1ccccc1Br. The zero-order valence-electron chi connectivity index (χ0n) is 11.1. The molecule has 0 aromatic heterocycles. The molecule has 2 unspecified atom stereocenters. The van der Waals surface area contributed by atoms with E-state index >= 15 is 0 Å². The maximum Gasteiger partial charge on any atom is 0.141 e. The number of hydrogen-bond acceptors (Lipinski definition) is 2. The molecule has 1 nitrogen and oxygen atoms in total. The molecule has 0 aliphatic heterocycles. The highest BCUT2D eigenvalue weighted by atomic mass is 79.9. The average Bonchev–Trinajstić information content (AvgIpc) is 2.59. The fraction of sp³-hybridized carbons (Fsp3) is 0.533. The van der Waals surface area contributed by atoms with Gasteiger partial charge in [0.15, 0.2) is 0 Å². The molecule has 0 radical (unpaired) electrons. The van der Waals surface area contributed by atoms with Gasteiger partial charge in [0.2, 0.25) is 0 Å². The Kier molecular flexibility index (Phi) is 4.22. The van der Waals surface area contributed by atoms with Gasteiger partial charge in [-0.3, -0.25) is 4.79 Å². The first kappa shape index (κ1) is 14.1. The van der Waals surface area contributed by atoms with E-state index in [-0.39, 0.29) is 10.7 Å². The molecule has 1 aromatic rings. The molecule has 1 fully saturated rings. The van der Waals surface area contributed by atoms with Crippen molar-refractivity contribution in [3.05, 3.63) is 34.3 Å². The van der Waals surface area contributed by atoms with Crippen molar-refractivity contribution in [3.8, 4) is 0 Å². The summed E-state index contributed by atoms with van der Waals surface area (Å²) in [4.78, 5) is 12.2. The van der Waals surface area contributed by atoms with Crippen molar-refractivity contribution >= 4 is 33.5 Å². The third-order valence-corrected chi connectivity index (χ3v) is 5.38. The summed E-state index contributed by atoms with van der Waals surface area (Å²) in [5, 5.41) is 0.413. The lowest BCUT2D eigenvalue weighted by atomic mass is 9.96. The van der Waals surface area contributed by atoms with Crippen molar-refractivity contribution in [3.63, 3.8) is 0 Å². The molecular formula is C15H19BrOS. The second-order valence-corrected chi connectivity index (χ2v) is 8.69. The highest BCUT2D eigenvalue weighted by Crippen LogP contribution is 2.45. The van der Waals surface area contributed by atoms with Crippen LogP contribution >= 0.6 is 27.7 Å². The number of benzene rings is 1. The van der Waals surface area contributed by atoms with E-state index in [4.69, 9.17) is 0 Å². The van der Waals surface area contributed by atoms with Crippen LogP contribution in [0.25, 0.3) is 0 Å². The molecule has 0 heterocycles. The predicted octanol–water partition coefficient (Wildman–Crippen LogP) is 4.80. The minimum absolute atomic E-state index is 0.0600. The summed E-state index contributed by atoms with van der Waals surface area (Å²) < 4.78 is 1.26. The van der Waals surface area contributed by atoms with Crippen LogP contribution in [0.15, 0.2) is 28.7 Å². The minimum atomic E-state index is 0.0600. The second-order valence-electron chi connectivity index (χ2n) is 5.77. The highest BCUT2D eigenvalue weighted by Gasteiger charge is 2.38. The number of rotatable bonds is 2. The van der Waals surface area contributed by atoms with Gasteiger partial charge >= 0.3 is 0 Å². The van der Waals surface area contributed by atoms with Crippen molar-refractivity contribution in [2.45, 2.75) is 49.5 Å². The van der Waals surface area contributed by atoms with Gasteiger partial charge in [0.1, 0.15) is 5.78 Å². The van der Waals surface area contributed by atoms with Gasteiger partial charge < -0.3 is 0 Å². The van der Waals surface area contributed by atoms with Crippen molar-refractivity contribution in [1.82, 2.24) is 0 Å². The van der Waals surface area contributed by atoms with E-state index in [0.717, 1.165) is 22.9 Å². The van der Waals surface area contributed by atoms with Crippen molar-refractivity contribution in [1.29, 1.82) is 0 Å². The average molecular weight is 327 g/mol. The predicted molar refractivity (Wildman–Crippen MR) is 82.3 cm³/mol. The van der Waals surface area contributed by atoms with Crippen molar-refractivity contribution < 1.29 is 4.79 Å². The molecule has 1 aliphatic carbocycles. The number of halogens is 1. The number of ketones is 1. The fourth-order valence-corrected chi connectivity index (χ4v) is 4.61. The van der Waals surface area contributed by atoms with Crippen LogP contribution < -0.4 is 0 Å². The maximum absolute atomic E-state index is 12.2. The first-order valence-electron chi connectivity index (χ1n) is 6.33. The maximum atomic E-state index is 12.2.